The third kappa shape index (κ3) is 3.28. The molecule has 4 heteroatoms. The van der Waals surface area contributed by atoms with E-state index in [-0.39, 0.29) is 0 Å². The van der Waals surface area contributed by atoms with Gasteiger partial charge in [0.1, 0.15) is 0 Å². The summed E-state index contributed by atoms with van der Waals surface area (Å²) in [6.07, 6.45) is 7.62. The van der Waals surface area contributed by atoms with E-state index >= 15 is 0 Å². The van der Waals surface area contributed by atoms with Crippen LogP contribution in [0.1, 0.15) is 57.7 Å². The van der Waals surface area contributed by atoms with Gasteiger partial charge in [-0.05, 0) is 19.4 Å². The van der Waals surface area contributed by atoms with E-state index in [4.69, 9.17) is 4.52 Å². The topological polar surface area (TPSA) is 42.2 Å². The summed E-state index contributed by atoms with van der Waals surface area (Å²) in [6, 6.07) is 0.714. The minimum absolute atomic E-state index is 0.714. The number of hydrogen-bond donors (Lipinski definition) is 0. The molecule has 0 saturated heterocycles. The van der Waals surface area contributed by atoms with Crippen molar-refractivity contribution in [3.63, 3.8) is 0 Å². The van der Waals surface area contributed by atoms with E-state index in [1.165, 1.54) is 32.1 Å². The first-order valence-electron chi connectivity index (χ1n) is 6.89. The molecule has 0 atom stereocenters. The zero-order chi connectivity index (χ0) is 12.1. The Hall–Kier alpha value is -0.900. The molecule has 0 amide bonds. The molecule has 1 aromatic rings. The van der Waals surface area contributed by atoms with Crippen LogP contribution in [-0.4, -0.2) is 27.6 Å². The monoisotopic (exact) mass is 237 g/mol. The van der Waals surface area contributed by atoms with Crippen molar-refractivity contribution in [2.45, 2.75) is 65.0 Å². The predicted molar refractivity (Wildman–Crippen MR) is 66.6 cm³/mol. The van der Waals surface area contributed by atoms with Gasteiger partial charge in [0.25, 0.3) is 0 Å². The van der Waals surface area contributed by atoms with Crippen LogP contribution in [0.4, 0.5) is 0 Å². The summed E-state index contributed by atoms with van der Waals surface area (Å²) in [7, 11) is 0. The molecular formula is C13H23N3O. The first kappa shape index (κ1) is 12.6. The summed E-state index contributed by atoms with van der Waals surface area (Å²) in [6.45, 7) is 6.14. The van der Waals surface area contributed by atoms with E-state index in [2.05, 4.69) is 22.0 Å². The smallest absolute Gasteiger partial charge is 0.240 e. The van der Waals surface area contributed by atoms with Crippen molar-refractivity contribution in [2.24, 2.45) is 0 Å². The molecule has 4 nitrogen and oxygen atoms in total. The molecule has 0 unspecified atom stereocenters. The van der Waals surface area contributed by atoms with Crippen LogP contribution >= 0.6 is 0 Å². The van der Waals surface area contributed by atoms with E-state index in [1.807, 2.05) is 6.92 Å². The molecule has 1 heterocycles. The van der Waals surface area contributed by atoms with Gasteiger partial charge in [0.2, 0.25) is 5.89 Å². The van der Waals surface area contributed by atoms with E-state index < -0.39 is 0 Å². The van der Waals surface area contributed by atoms with E-state index in [1.54, 1.807) is 0 Å². The quantitative estimate of drug-likeness (QED) is 0.789. The molecule has 2 rings (SSSR count). The lowest BCUT2D eigenvalue weighted by molar-refractivity contribution is 0.138. The molecule has 1 aromatic heterocycles. The average molecular weight is 237 g/mol. The van der Waals surface area contributed by atoms with Crippen LogP contribution < -0.4 is 0 Å². The minimum atomic E-state index is 0.714. The molecule has 0 aromatic carbocycles. The average Bonchev–Trinajstić information content (AvgIpc) is 2.84. The Kier molecular flexibility index (Phi) is 4.54. The highest BCUT2D eigenvalue weighted by molar-refractivity contribution is 4.87. The Labute approximate surface area is 103 Å². The summed E-state index contributed by atoms with van der Waals surface area (Å²) in [4.78, 5) is 6.87. The Morgan fingerprint density at radius 2 is 2.00 bits per heavy atom. The largest absolute Gasteiger partial charge is 0.338 e. The van der Waals surface area contributed by atoms with Crippen LogP contribution in [0.25, 0.3) is 0 Å². The number of hydrogen-bond acceptors (Lipinski definition) is 4. The van der Waals surface area contributed by atoms with Crippen LogP contribution in [0.15, 0.2) is 4.52 Å². The fourth-order valence-corrected chi connectivity index (χ4v) is 2.62. The second kappa shape index (κ2) is 6.15. The van der Waals surface area contributed by atoms with Gasteiger partial charge < -0.3 is 4.52 Å². The molecule has 17 heavy (non-hydrogen) atoms. The highest BCUT2D eigenvalue weighted by atomic mass is 16.5. The summed E-state index contributed by atoms with van der Waals surface area (Å²) in [5.74, 6) is 1.59. The SMILES string of the molecule is CCc1noc(CN(CC)C2CCCCC2)n1. The molecule has 1 fully saturated rings. The van der Waals surface area contributed by atoms with Gasteiger partial charge in [-0.25, -0.2) is 0 Å². The Bertz CT molecular complexity index is 331. The highest BCUT2D eigenvalue weighted by Crippen LogP contribution is 2.23. The van der Waals surface area contributed by atoms with Gasteiger partial charge >= 0.3 is 0 Å². The molecular weight excluding hydrogens is 214 g/mol. The maximum atomic E-state index is 5.28. The van der Waals surface area contributed by atoms with Crippen molar-refractivity contribution >= 4 is 0 Å². The Morgan fingerprint density at radius 1 is 1.24 bits per heavy atom. The second-order valence-corrected chi connectivity index (χ2v) is 4.81. The summed E-state index contributed by atoms with van der Waals surface area (Å²) < 4.78 is 5.28. The van der Waals surface area contributed by atoms with Crippen molar-refractivity contribution < 1.29 is 4.52 Å². The van der Waals surface area contributed by atoms with Crippen molar-refractivity contribution in [1.29, 1.82) is 0 Å². The van der Waals surface area contributed by atoms with Gasteiger partial charge in [-0.2, -0.15) is 4.98 Å². The standard InChI is InChI=1S/C13H23N3O/c1-3-12-14-13(17-15-12)10-16(4-2)11-8-6-5-7-9-11/h11H,3-10H2,1-2H3. The van der Waals surface area contributed by atoms with Gasteiger partial charge in [0.15, 0.2) is 5.82 Å². The van der Waals surface area contributed by atoms with Gasteiger partial charge in [-0.3, -0.25) is 4.90 Å². The van der Waals surface area contributed by atoms with E-state index in [9.17, 15) is 0 Å². The van der Waals surface area contributed by atoms with Crippen LogP contribution in [-0.2, 0) is 13.0 Å². The lowest BCUT2D eigenvalue weighted by atomic mass is 9.94. The van der Waals surface area contributed by atoms with Gasteiger partial charge in [0.05, 0.1) is 6.54 Å². The fraction of sp³-hybridized carbons (Fsp3) is 0.846. The predicted octanol–water partition coefficient (Wildman–Crippen LogP) is 2.79. The zero-order valence-corrected chi connectivity index (χ0v) is 11.0. The van der Waals surface area contributed by atoms with Gasteiger partial charge in [0, 0.05) is 12.5 Å². The first-order chi connectivity index (χ1) is 8.33. The third-order valence-corrected chi connectivity index (χ3v) is 3.66. The molecule has 0 spiro atoms. The molecule has 0 aliphatic heterocycles. The minimum Gasteiger partial charge on any atom is -0.338 e. The third-order valence-electron chi connectivity index (χ3n) is 3.66. The summed E-state index contributed by atoms with van der Waals surface area (Å²) in [5, 5.41) is 3.95. The van der Waals surface area contributed by atoms with Crippen molar-refractivity contribution in [1.82, 2.24) is 15.0 Å². The fourth-order valence-electron chi connectivity index (χ4n) is 2.62. The normalized spacial score (nSPS) is 17.8. The molecule has 1 aliphatic rings. The second-order valence-electron chi connectivity index (χ2n) is 4.81. The van der Waals surface area contributed by atoms with Crippen LogP contribution in [0, 0.1) is 0 Å². The Balaban J connectivity index is 1.93. The maximum Gasteiger partial charge on any atom is 0.240 e. The molecule has 1 aliphatic carbocycles. The number of aryl methyl sites for hydroxylation is 1. The number of aromatic nitrogens is 2. The Morgan fingerprint density at radius 3 is 2.59 bits per heavy atom. The zero-order valence-electron chi connectivity index (χ0n) is 11.0. The van der Waals surface area contributed by atoms with Crippen molar-refractivity contribution in [3.8, 4) is 0 Å². The van der Waals surface area contributed by atoms with E-state index in [0.29, 0.717) is 6.04 Å². The van der Waals surface area contributed by atoms with Gasteiger partial charge in [-0.1, -0.05) is 38.3 Å². The number of nitrogens with zero attached hydrogens (tertiary/aromatic N) is 3. The number of rotatable bonds is 5. The molecule has 96 valence electrons. The molecule has 0 bridgehead atoms. The van der Waals surface area contributed by atoms with Crippen LogP contribution in [0.3, 0.4) is 0 Å². The lowest BCUT2D eigenvalue weighted by Gasteiger charge is -2.32. The summed E-state index contributed by atoms with van der Waals surface area (Å²) >= 11 is 0. The highest BCUT2D eigenvalue weighted by Gasteiger charge is 2.21. The molecule has 1 saturated carbocycles. The van der Waals surface area contributed by atoms with Crippen LogP contribution in [0.2, 0.25) is 0 Å². The van der Waals surface area contributed by atoms with Crippen molar-refractivity contribution in [3.05, 3.63) is 11.7 Å². The first-order valence-corrected chi connectivity index (χ1v) is 6.89. The van der Waals surface area contributed by atoms with Crippen molar-refractivity contribution in [2.75, 3.05) is 6.54 Å². The maximum absolute atomic E-state index is 5.28. The van der Waals surface area contributed by atoms with Crippen LogP contribution in [0.5, 0.6) is 0 Å². The molecule has 0 N–H and O–H groups in total. The molecule has 0 radical (unpaired) electrons. The van der Waals surface area contributed by atoms with E-state index in [0.717, 1.165) is 31.2 Å². The van der Waals surface area contributed by atoms with Gasteiger partial charge in [-0.15, -0.1) is 0 Å². The summed E-state index contributed by atoms with van der Waals surface area (Å²) in [5.41, 5.74) is 0. The lowest BCUT2D eigenvalue weighted by Crippen LogP contribution is -2.36.